The van der Waals surface area contributed by atoms with Crippen LogP contribution in [0.3, 0.4) is 0 Å². The van der Waals surface area contributed by atoms with Crippen LogP contribution in [-0.2, 0) is 4.79 Å². The summed E-state index contributed by atoms with van der Waals surface area (Å²) in [6, 6.07) is 13.1. The van der Waals surface area contributed by atoms with E-state index < -0.39 is 0 Å². The molecular weight excluding hydrogens is 348 g/mol. The highest BCUT2D eigenvalue weighted by Gasteiger charge is 2.32. The van der Waals surface area contributed by atoms with Gasteiger partial charge in [-0.1, -0.05) is 23.7 Å². The van der Waals surface area contributed by atoms with Gasteiger partial charge in [0.2, 0.25) is 5.91 Å². The third kappa shape index (κ3) is 3.10. The van der Waals surface area contributed by atoms with Gasteiger partial charge in [-0.15, -0.1) is 0 Å². The van der Waals surface area contributed by atoms with Crippen LogP contribution in [0.25, 0.3) is 10.9 Å². The number of anilines is 2. The lowest BCUT2D eigenvalue weighted by atomic mass is 10.1. The zero-order chi connectivity index (χ0) is 18.1. The van der Waals surface area contributed by atoms with Gasteiger partial charge in [0.05, 0.1) is 5.52 Å². The number of para-hydroxylation sites is 1. The summed E-state index contributed by atoms with van der Waals surface area (Å²) in [4.78, 5) is 23.8. The number of aromatic nitrogens is 2. The van der Waals surface area contributed by atoms with Crippen LogP contribution in [0.15, 0.2) is 48.8 Å². The largest absolute Gasteiger partial charge is 0.344 e. The van der Waals surface area contributed by atoms with E-state index >= 15 is 0 Å². The first-order chi connectivity index (χ1) is 12.6. The summed E-state index contributed by atoms with van der Waals surface area (Å²) >= 11 is 6.00. The Kier molecular flexibility index (Phi) is 4.47. The average Bonchev–Trinajstić information content (AvgIpc) is 3.13. The van der Waals surface area contributed by atoms with Crippen molar-refractivity contribution in [1.29, 1.82) is 0 Å². The number of carbonyl (C=O) groups is 1. The Morgan fingerprint density at radius 2 is 2.08 bits per heavy atom. The summed E-state index contributed by atoms with van der Waals surface area (Å²) in [5, 5.41) is 4.68. The van der Waals surface area contributed by atoms with Gasteiger partial charge in [-0.05, 0) is 55.7 Å². The van der Waals surface area contributed by atoms with Crippen molar-refractivity contribution in [3.8, 4) is 0 Å². The molecule has 4 rings (SSSR count). The van der Waals surface area contributed by atoms with Gasteiger partial charge in [0.1, 0.15) is 18.2 Å². The van der Waals surface area contributed by atoms with Gasteiger partial charge in [0, 0.05) is 22.6 Å². The van der Waals surface area contributed by atoms with E-state index in [9.17, 15) is 4.79 Å². The monoisotopic (exact) mass is 366 g/mol. The van der Waals surface area contributed by atoms with E-state index in [4.69, 9.17) is 11.6 Å². The predicted octanol–water partition coefficient (Wildman–Crippen LogP) is 4.20. The molecule has 1 N–H and O–H groups in total. The average molecular weight is 367 g/mol. The number of benzene rings is 2. The fraction of sp³-hybridized carbons (Fsp3) is 0.250. The van der Waals surface area contributed by atoms with Crippen LogP contribution in [0.2, 0.25) is 5.02 Å². The SMILES string of the molecule is Cc1cc(Cl)ccc1NC(=O)[C@@H]1CCCN1c1ncnc2ccccc12. The number of nitrogens with one attached hydrogen (secondary N) is 1. The van der Waals surface area contributed by atoms with Gasteiger partial charge >= 0.3 is 0 Å². The van der Waals surface area contributed by atoms with Crippen molar-refractivity contribution in [1.82, 2.24) is 9.97 Å². The Hall–Kier alpha value is -2.66. The molecule has 0 aliphatic carbocycles. The summed E-state index contributed by atoms with van der Waals surface area (Å²) in [5.41, 5.74) is 2.62. The number of hydrogen-bond acceptors (Lipinski definition) is 4. The van der Waals surface area contributed by atoms with Crippen LogP contribution in [0.4, 0.5) is 11.5 Å². The molecule has 1 aromatic heterocycles. The number of fused-ring (bicyclic) bond motifs is 1. The van der Waals surface area contributed by atoms with Crippen LogP contribution in [0, 0.1) is 6.92 Å². The molecule has 0 unspecified atom stereocenters. The zero-order valence-electron chi connectivity index (χ0n) is 14.4. The van der Waals surface area contributed by atoms with Gasteiger partial charge in [-0.2, -0.15) is 0 Å². The van der Waals surface area contributed by atoms with Crippen molar-refractivity contribution in [3.05, 3.63) is 59.4 Å². The van der Waals surface area contributed by atoms with Crippen LogP contribution >= 0.6 is 11.6 Å². The number of nitrogens with zero attached hydrogens (tertiary/aromatic N) is 3. The number of aryl methyl sites for hydroxylation is 1. The molecule has 1 fully saturated rings. The van der Waals surface area contributed by atoms with Crippen LogP contribution in [0.5, 0.6) is 0 Å². The molecule has 5 nitrogen and oxygen atoms in total. The Morgan fingerprint density at radius 3 is 2.92 bits per heavy atom. The van der Waals surface area contributed by atoms with E-state index in [-0.39, 0.29) is 11.9 Å². The molecule has 0 spiro atoms. The second-order valence-electron chi connectivity index (χ2n) is 6.51. The fourth-order valence-electron chi connectivity index (χ4n) is 3.50. The van der Waals surface area contributed by atoms with E-state index in [0.717, 1.165) is 47.4 Å². The molecule has 0 bridgehead atoms. The minimum absolute atomic E-state index is 0.0179. The Bertz CT molecular complexity index is 970. The quantitative estimate of drug-likeness (QED) is 0.754. The van der Waals surface area contributed by atoms with Crippen molar-refractivity contribution in [3.63, 3.8) is 0 Å². The molecule has 3 aromatic rings. The molecule has 132 valence electrons. The van der Waals surface area contributed by atoms with E-state index in [1.807, 2.05) is 43.3 Å². The van der Waals surface area contributed by atoms with E-state index in [2.05, 4.69) is 20.2 Å². The van der Waals surface area contributed by atoms with Gasteiger partial charge in [-0.25, -0.2) is 9.97 Å². The highest BCUT2D eigenvalue weighted by atomic mass is 35.5. The number of carbonyl (C=O) groups excluding carboxylic acids is 1. The first-order valence-electron chi connectivity index (χ1n) is 8.67. The predicted molar refractivity (Wildman–Crippen MR) is 105 cm³/mol. The highest BCUT2D eigenvalue weighted by Crippen LogP contribution is 2.30. The van der Waals surface area contributed by atoms with Crippen LogP contribution in [0.1, 0.15) is 18.4 Å². The molecule has 0 saturated carbocycles. The molecule has 2 aromatic carbocycles. The van der Waals surface area contributed by atoms with Crippen molar-refractivity contribution >= 4 is 39.9 Å². The first-order valence-corrected chi connectivity index (χ1v) is 9.05. The third-order valence-electron chi connectivity index (χ3n) is 4.80. The molecule has 0 radical (unpaired) electrons. The van der Waals surface area contributed by atoms with Crippen molar-refractivity contribution in [2.75, 3.05) is 16.8 Å². The maximum atomic E-state index is 12.9. The smallest absolute Gasteiger partial charge is 0.247 e. The maximum absolute atomic E-state index is 12.9. The van der Waals surface area contributed by atoms with Crippen molar-refractivity contribution in [2.24, 2.45) is 0 Å². The maximum Gasteiger partial charge on any atom is 0.247 e. The lowest BCUT2D eigenvalue weighted by Crippen LogP contribution is -2.40. The minimum atomic E-state index is -0.247. The van der Waals surface area contributed by atoms with Crippen LogP contribution < -0.4 is 10.2 Å². The molecule has 26 heavy (non-hydrogen) atoms. The number of hydrogen-bond donors (Lipinski definition) is 1. The van der Waals surface area contributed by atoms with Crippen molar-refractivity contribution in [2.45, 2.75) is 25.8 Å². The van der Waals surface area contributed by atoms with E-state index in [1.165, 1.54) is 0 Å². The highest BCUT2D eigenvalue weighted by molar-refractivity contribution is 6.30. The lowest BCUT2D eigenvalue weighted by Gasteiger charge is -2.26. The summed E-state index contributed by atoms with van der Waals surface area (Å²) in [7, 11) is 0. The topological polar surface area (TPSA) is 58.1 Å². The molecule has 6 heteroatoms. The lowest BCUT2D eigenvalue weighted by molar-refractivity contribution is -0.117. The normalized spacial score (nSPS) is 16.8. The number of halogens is 1. The number of rotatable bonds is 3. The third-order valence-corrected chi connectivity index (χ3v) is 5.03. The van der Waals surface area contributed by atoms with E-state index in [0.29, 0.717) is 5.02 Å². The molecular formula is C20H19ClN4O. The second-order valence-corrected chi connectivity index (χ2v) is 6.95. The first kappa shape index (κ1) is 16.8. The molecule has 2 heterocycles. The number of amides is 1. The Labute approximate surface area is 157 Å². The molecule has 1 aliphatic heterocycles. The standard InChI is InChI=1S/C20H19ClN4O/c1-13-11-14(21)8-9-16(13)24-20(26)18-7-4-10-25(18)19-15-5-2-3-6-17(15)22-12-23-19/h2-3,5-6,8-9,11-12,18H,4,7,10H2,1H3,(H,24,26)/t18-/m0/s1. The molecule has 1 saturated heterocycles. The fourth-order valence-corrected chi connectivity index (χ4v) is 3.72. The summed E-state index contributed by atoms with van der Waals surface area (Å²) in [5.74, 6) is 0.802. The Balaban J connectivity index is 1.62. The van der Waals surface area contributed by atoms with Gasteiger partial charge in [0.25, 0.3) is 0 Å². The molecule has 1 aliphatic rings. The second kappa shape index (κ2) is 6.92. The summed E-state index contributed by atoms with van der Waals surface area (Å²) in [6.45, 7) is 2.74. The molecule has 1 amide bonds. The summed E-state index contributed by atoms with van der Waals surface area (Å²) in [6.07, 6.45) is 3.32. The van der Waals surface area contributed by atoms with Gasteiger partial charge in [-0.3, -0.25) is 4.79 Å². The van der Waals surface area contributed by atoms with Crippen LogP contribution in [-0.4, -0.2) is 28.5 Å². The molecule has 1 atom stereocenters. The Morgan fingerprint density at radius 1 is 1.23 bits per heavy atom. The van der Waals surface area contributed by atoms with E-state index in [1.54, 1.807) is 12.4 Å². The van der Waals surface area contributed by atoms with Gasteiger partial charge < -0.3 is 10.2 Å². The minimum Gasteiger partial charge on any atom is -0.344 e. The van der Waals surface area contributed by atoms with Gasteiger partial charge in [0.15, 0.2) is 0 Å². The summed E-state index contributed by atoms with van der Waals surface area (Å²) < 4.78 is 0. The zero-order valence-corrected chi connectivity index (χ0v) is 15.2. The van der Waals surface area contributed by atoms with Crippen molar-refractivity contribution < 1.29 is 4.79 Å².